The molecular weight excluding hydrogens is 508 g/mol. The zero-order chi connectivity index (χ0) is 26.0. The lowest BCUT2D eigenvalue weighted by Gasteiger charge is -2.15. The summed E-state index contributed by atoms with van der Waals surface area (Å²) in [4.78, 5) is 25.4. The number of nitrogens with one attached hydrogen (secondary N) is 2. The zero-order valence-corrected chi connectivity index (χ0v) is 20.7. The number of aromatic hydroxyl groups is 1. The highest BCUT2D eigenvalue weighted by Crippen LogP contribution is 2.37. The average Bonchev–Trinajstić information content (AvgIpc) is 2.79. The minimum absolute atomic E-state index is 0.0611. The Kier molecular flexibility index (Phi) is 6.86. The number of ether oxygens (including phenoxy) is 1. The number of rotatable bonds is 7. The number of phenolic OH excluding ortho intramolecular Hbond substituents is 1. The van der Waals surface area contributed by atoms with Crippen molar-refractivity contribution in [2.75, 3.05) is 4.72 Å². The molecular formula is C24H21ClN4O6S. The third-order valence-electron chi connectivity index (χ3n) is 5.10. The molecule has 3 aromatic carbocycles. The van der Waals surface area contributed by atoms with Gasteiger partial charge >= 0.3 is 5.69 Å². The van der Waals surface area contributed by atoms with E-state index in [-0.39, 0.29) is 33.7 Å². The summed E-state index contributed by atoms with van der Waals surface area (Å²) in [6.45, 7) is 3.59. The number of aromatic amines is 1. The van der Waals surface area contributed by atoms with Crippen molar-refractivity contribution in [3.05, 3.63) is 103 Å². The molecule has 0 aliphatic rings. The van der Waals surface area contributed by atoms with Crippen molar-refractivity contribution in [3.63, 3.8) is 0 Å². The van der Waals surface area contributed by atoms with E-state index in [0.717, 1.165) is 16.4 Å². The maximum atomic E-state index is 12.7. The van der Waals surface area contributed by atoms with Crippen LogP contribution in [-0.4, -0.2) is 28.3 Å². The summed E-state index contributed by atoms with van der Waals surface area (Å²) < 4.78 is 34.6. The van der Waals surface area contributed by atoms with E-state index < -0.39 is 21.3 Å². The Morgan fingerprint density at radius 3 is 2.47 bits per heavy atom. The number of aromatic nitrogens is 3. The first-order valence-electron chi connectivity index (χ1n) is 10.6. The highest BCUT2D eigenvalue weighted by molar-refractivity contribution is 7.91. The number of hydrogen-bond acceptors (Lipinski definition) is 7. The van der Waals surface area contributed by atoms with Crippen LogP contribution in [0.2, 0.25) is 5.02 Å². The van der Waals surface area contributed by atoms with Gasteiger partial charge in [-0.25, -0.2) is 13.2 Å². The predicted molar refractivity (Wildman–Crippen MR) is 136 cm³/mol. The molecule has 0 unspecified atom stereocenters. The van der Waals surface area contributed by atoms with E-state index in [2.05, 4.69) is 14.8 Å². The van der Waals surface area contributed by atoms with E-state index in [1.165, 1.54) is 24.3 Å². The fraction of sp³-hybridized carbons (Fsp3) is 0.125. The Bertz CT molecular complexity index is 1640. The smallest absolute Gasteiger partial charge is 0.349 e. The molecule has 12 heteroatoms. The second-order valence-corrected chi connectivity index (χ2v) is 10.2. The van der Waals surface area contributed by atoms with Crippen LogP contribution in [0.1, 0.15) is 16.7 Å². The van der Waals surface area contributed by atoms with Gasteiger partial charge in [-0.05, 0) is 49.2 Å². The van der Waals surface area contributed by atoms with E-state index in [0.29, 0.717) is 16.8 Å². The van der Waals surface area contributed by atoms with E-state index in [1.54, 1.807) is 25.1 Å². The molecule has 0 spiro atoms. The Morgan fingerprint density at radius 1 is 1.08 bits per heavy atom. The quantitative estimate of drug-likeness (QED) is 0.311. The third kappa shape index (κ3) is 5.75. The number of nitrogens with zero attached hydrogens (tertiary/aromatic N) is 2. The maximum absolute atomic E-state index is 12.7. The maximum Gasteiger partial charge on any atom is 0.349 e. The normalized spacial score (nSPS) is 11.3. The molecule has 10 nitrogen and oxygen atoms in total. The lowest BCUT2D eigenvalue weighted by Crippen LogP contribution is -2.30. The first-order chi connectivity index (χ1) is 17.0. The monoisotopic (exact) mass is 528 g/mol. The molecule has 1 aromatic heterocycles. The predicted octanol–water partition coefficient (Wildman–Crippen LogP) is 3.63. The van der Waals surface area contributed by atoms with Crippen molar-refractivity contribution in [1.82, 2.24) is 14.8 Å². The van der Waals surface area contributed by atoms with E-state index >= 15 is 0 Å². The first kappa shape index (κ1) is 25.0. The molecule has 186 valence electrons. The standard InChI is InChI=1S/C24H21ClN4O6S/c1-14-3-5-16(6-4-14)13-36(33,34)28-20-11-18(7-8-21(20)30)35-23-15(2)9-17(10-19(23)25)29-24(32)27-22(31)12-26-29/h3-12,28,30H,13H2,1-2H3,(H,27,31,32). The SMILES string of the molecule is Cc1ccc(CS(=O)(=O)Nc2cc(Oc3c(C)cc(-n4ncc(=O)[nH]c4=O)cc3Cl)ccc2O)cc1. The van der Waals surface area contributed by atoms with Gasteiger partial charge < -0.3 is 9.84 Å². The number of sulfonamides is 1. The number of hydrogen-bond donors (Lipinski definition) is 3. The zero-order valence-electron chi connectivity index (χ0n) is 19.1. The molecule has 1 heterocycles. The molecule has 4 aromatic rings. The number of anilines is 1. The molecule has 0 saturated carbocycles. The van der Waals surface area contributed by atoms with Crippen LogP contribution in [-0.2, 0) is 15.8 Å². The Morgan fingerprint density at radius 2 is 1.81 bits per heavy atom. The van der Waals surface area contributed by atoms with Crippen LogP contribution in [0.4, 0.5) is 5.69 Å². The number of H-pyrrole nitrogens is 1. The molecule has 0 atom stereocenters. The van der Waals surface area contributed by atoms with Gasteiger partial charge in [0.05, 0.1) is 22.2 Å². The number of benzene rings is 3. The van der Waals surface area contributed by atoms with Crippen LogP contribution < -0.4 is 20.7 Å². The van der Waals surface area contributed by atoms with E-state index in [4.69, 9.17) is 16.3 Å². The van der Waals surface area contributed by atoms with Crippen LogP contribution in [0.3, 0.4) is 0 Å². The van der Waals surface area contributed by atoms with Crippen molar-refractivity contribution in [2.45, 2.75) is 19.6 Å². The summed E-state index contributed by atoms with van der Waals surface area (Å²) >= 11 is 6.40. The van der Waals surface area contributed by atoms with Crippen LogP contribution in [0.25, 0.3) is 5.69 Å². The third-order valence-corrected chi connectivity index (χ3v) is 6.63. The highest BCUT2D eigenvalue weighted by atomic mass is 35.5. The summed E-state index contributed by atoms with van der Waals surface area (Å²) in [7, 11) is -3.83. The molecule has 36 heavy (non-hydrogen) atoms. The molecule has 0 aliphatic carbocycles. The largest absolute Gasteiger partial charge is 0.506 e. The van der Waals surface area contributed by atoms with Crippen molar-refractivity contribution < 1.29 is 18.3 Å². The van der Waals surface area contributed by atoms with Gasteiger partial charge in [0.15, 0.2) is 0 Å². The van der Waals surface area contributed by atoms with E-state index in [9.17, 15) is 23.1 Å². The summed E-state index contributed by atoms with van der Waals surface area (Å²) in [6, 6.07) is 14.2. The molecule has 0 fully saturated rings. The van der Waals surface area contributed by atoms with Crippen molar-refractivity contribution in [2.24, 2.45) is 0 Å². The van der Waals surface area contributed by atoms with Gasteiger partial charge in [-0.15, -0.1) is 0 Å². The summed E-state index contributed by atoms with van der Waals surface area (Å²) in [5.74, 6) is -0.103. The first-order valence-corrected chi connectivity index (χ1v) is 12.6. The highest BCUT2D eigenvalue weighted by Gasteiger charge is 2.17. The minimum Gasteiger partial charge on any atom is -0.506 e. The second-order valence-electron chi connectivity index (χ2n) is 8.05. The second kappa shape index (κ2) is 9.88. The van der Waals surface area contributed by atoms with Crippen molar-refractivity contribution in [1.29, 1.82) is 0 Å². The van der Waals surface area contributed by atoms with E-state index in [1.807, 2.05) is 19.1 Å². The van der Waals surface area contributed by atoms with Crippen LogP contribution in [0, 0.1) is 13.8 Å². The summed E-state index contributed by atoms with van der Waals surface area (Å²) in [6.07, 6.45) is 0.965. The minimum atomic E-state index is -3.83. The molecule has 0 radical (unpaired) electrons. The Balaban J connectivity index is 1.58. The summed E-state index contributed by atoms with van der Waals surface area (Å²) in [5.41, 5.74) is 1.03. The molecule has 0 amide bonds. The van der Waals surface area contributed by atoms with Gasteiger partial charge in [-0.3, -0.25) is 14.5 Å². The summed E-state index contributed by atoms with van der Waals surface area (Å²) in [5, 5.41) is 14.2. The topological polar surface area (TPSA) is 143 Å². The van der Waals surface area contributed by atoms with Crippen LogP contribution >= 0.6 is 11.6 Å². The lowest BCUT2D eigenvalue weighted by molar-refractivity contribution is 0.465. The van der Waals surface area contributed by atoms with Gasteiger partial charge in [0, 0.05) is 6.07 Å². The fourth-order valence-electron chi connectivity index (χ4n) is 3.39. The molecule has 3 N–H and O–H groups in total. The van der Waals surface area contributed by atoms with Gasteiger partial charge in [0.2, 0.25) is 10.0 Å². The van der Waals surface area contributed by atoms with Crippen molar-refractivity contribution in [3.8, 4) is 22.9 Å². The van der Waals surface area contributed by atoms with Gasteiger partial charge in [0.1, 0.15) is 23.4 Å². The molecule has 4 rings (SSSR count). The molecule has 0 bridgehead atoms. The number of halogens is 1. The van der Waals surface area contributed by atoms with Gasteiger partial charge in [0.25, 0.3) is 5.56 Å². The number of aryl methyl sites for hydroxylation is 2. The Hall–Kier alpha value is -4.09. The van der Waals surface area contributed by atoms with Gasteiger partial charge in [-0.2, -0.15) is 9.78 Å². The Labute approximate surface area is 210 Å². The molecule has 0 aliphatic heterocycles. The average molecular weight is 529 g/mol. The fourth-order valence-corrected chi connectivity index (χ4v) is 4.89. The lowest BCUT2D eigenvalue weighted by atomic mass is 10.2. The number of phenols is 1. The van der Waals surface area contributed by atoms with Crippen LogP contribution in [0.15, 0.2) is 70.4 Å². The van der Waals surface area contributed by atoms with Crippen LogP contribution in [0.5, 0.6) is 17.2 Å². The molecule has 0 saturated heterocycles. The van der Waals surface area contributed by atoms with Crippen molar-refractivity contribution >= 4 is 27.3 Å². The van der Waals surface area contributed by atoms with Gasteiger partial charge in [-0.1, -0.05) is 41.4 Å².